The Hall–Kier alpha value is -1.52. The Morgan fingerprint density at radius 2 is 1.80 bits per heavy atom. The van der Waals surface area contributed by atoms with Crippen molar-refractivity contribution in [3.05, 3.63) is 47.0 Å². The van der Waals surface area contributed by atoms with Crippen molar-refractivity contribution in [3.8, 4) is 11.5 Å². The molecule has 0 heterocycles. The third-order valence-corrected chi connectivity index (χ3v) is 4.22. The van der Waals surface area contributed by atoms with E-state index in [1.54, 1.807) is 26.0 Å². The van der Waals surface area contributed by atoms with Crippen LogP contribution < -0.4 is 15.2 Å². The first-order chi connectivity index (χ1) is 9.63. The second-order valence-electron chi connectivity index (χ2n) is 4.16. The Balaban J connectivity index is 2.08. The van der Waals surface area contributed by atoms with Crippen molar-refractivity contribution < 1.29 is 9.47 Å². The van der Waals surface area contributed by atoms with Gasteiger partial charge in [-0.1, -0.05) is 17.7 Å². The maximum absolute atomic E-state index is 6.01. The maximum atomic E-state index is 6.01. The van der Waals surface area contributed by atoms with E-state index in [9.17, 15) is 0 Å². The minimum Gasteiger partial charge on any atom is -0.493 e. The first-order valence-corrected chi connectivity index (χ1v) is 7.39. The summed E-state index contributed by atoms with van der Waals surface area (Å²) in [6.07, 6.45) is 0. The van der Waals surface area contributed by atoms with E-state index in [1.807, 2.05) is 36.4 Å². The van der Waals surface area contributed by atoms with Gasteiger partial charge in [0.05, 0.1) is 24.9 Å². The Morgan fingerprint density at radius 3 is 2.45 bits per heavy atom. The van der Waals surface area contributed by atoms with Crippen molar-refractivity contribution in [1.29, 1.82) is 0 Å². The zero-order valence-electron chi connectivity index (χ0n) is 11.4. The Morgan fingerprint density at radius 1 is 1.05 bits per heavy atom. The second kappa shape index (κ2) is 6.77. The number of ether oxygens (including phenoxy) is 2. The summed E-state index contributed by atoms with van der Waals surface area (Å²) < 4.78 is 10.5. The van der Waals surface area contributed by atoms with Crippen LogP contribution >= 0.6 is 23.4 Å². The van der Waals surface area contributed by atoms with Gasteiger partial charge in [0.2, 0.25) is 0 Å². The van der Waals surface area contributed by atoms with Crippen LogP contribution in [0, 0.1) is 0 Å². The van der Waals surface area contributed by atoms with Crippen molar-refractivity contribution in [2.75, 3.05) is 20.0 Å². The van der Waals surface area contributed by atoms with E-state index in [-0.39, 0.29) is 0 Å². The predicted octanol–water partition coefficient (Wildman–Crippen LogP) is 4.23. The lowest BCUT2D eigenvalue weighted by Crippen LogP contribution is -1.92. The molecule has 2 aromatic rings. The van der Waals surface area contributed by atoms with Crippen molar-refractivity contribution in [3.63, 3.8) is 0 Å². The van der Waals surface area contributed by atoms with Crippen molar-refractivity contribution in [1.82, 2.24) is 0 Å². The molecule has 0 saturated heterocycles. The molecule has 0 aliphatic heterocycles. The third kappa shape index (κ3) is 3.52. The molecule has 0 aliphatic rings. The molecular formula is C15H16ClNO2S. The van der Waals surface area contributed by atoms with E-state index in [2.05, 4.69) is 0 Å². The molecule has 106 valence electrons. The Labute approximate surface area is 128 Å². The summed E-state index contributed by atoms with van der Waals surface area (Å²) in [5.74, 6) is 2.29. The van der Waals surface area contributed by atoms with Crippen LogP contribution in [-0.2, 0) is 5.75 Å². The number of hydrogen-bond acceptors (Lipinski definition) is 4. The van der Waals surface area contributed by atoms with Crippen molar-refractivity contribution in [2.24, 2.45) is 0 Å². The molecule has 0 radical (unpaired) electrons. The molecule has 0 spiro atoms. The van der Waals surface area contributed by atoms with Crippen LogP contribution in [0.1, 0.15) is 5.56 Å². The quantitative estimate of drug-likeness (QED) is 0.663. The lowest BCUT2D eigenvalue weighted by atomic mass is 10.2. The van der Waals surface area contributed by atoms with Gasteiger partial charge in [-0.3, -0.25) is 0 Å². The van der Waals surface area contributed by atoms with E-state index in [0.29, 0.717) is 10.7 Å². The normalized spacial score (nSPS) is 10.3. The summed E-state index contributed by atoms with van der Waals surface area (Å²) in [6, 6.07) is 11.6. The van der Waals surface area contributed by atoms with Gasteiger partial charge in [0, 0.05) is 10.6 Å². The Kier molecular flexibility index (Phi) is 5.04. The van der Waals surface area contributed by atoms with Gasteiger partial charge < -0.3 is 15.2 Å². The first-order valence-electron chi connectivity index (χ1n) is 6.02. The first kappa shape index (κ1) is 14.9. The van der Waals surface area contributed by atoms with Gasteiger partial charge in [-0.25, -0.2) is 0 Å². The highest BCUT2D eigenvalue weighted by Gasteiger charge is 2.05. The molecule has 3 nitrogen and oxygen atoms in total. The van der Waals surface area contributed by atoms with Gasteiger partial charge in [0.15, 0.2) is 11.5 Å². The number of halogens is 1. The van der Waals surface area contributed by atoms with Gasteiger partial charge in [0.1, 0.15) is 0 Å². The van der Waals surface area contributed by atoms with Gasteiger partial charge >= 0.3 is 0 Å². The van der Waals surface area contributed by atoms with Crippen LogP contribution in [0.5, 0.6) is 11.5 Å². The summed E-state index contributed by atoms with van der Waals surface area (Å²) in [7, 11) is 3.26. The fourth-order valence-corrected chi connectivity index (χ4v) is 2.86. The summed E-state index contributed by atoms with van der Waals surface area (Å²) in [5, 5.41) is 0.585. The molecule has 0 unspecified atom stereocenters. The minimum absolute atomic E-state index is 0.585. The lowest BCUT2D eigenvalue weighted by molar-refractivity contribution is 0.354. The van der Waals surface area contributed by atoms with Crippen LogP contribution in [-0.4, -0.2) is 14.2 Å². The smallest absolute Gasteiger partial charge is 0.161 e. The molecule has 20 heavy (non-hydrogen) atoms. The summed E-state index contributed by atoms with van der Waals surface area (Å²) in [6.45, 7) is 0. The van der Waals surface area contributed by atoms with Gasteiger partial charge in [0.25, 0.3) is 0 Å². The number of anilines is 1. The summed E-state index contributed by atoms with van der Waals surface area (Å²) in [4.78, 5) is 1.08. The summed E-state index contributed by atoms with van der Waals surface area (Å²) >= 11 is 7.70. The molecule has 2 rings (SSSR count). The van der Waals surface area contributed by atoms with E-state index in [1.165, 1.54) is 0 Å². The number of nitrogen functional groups attached to an aromatic ring is 1. The Bertz CT molecular complexity index is 604. The second-order valence-corrected chi connectivity index (χ2v) is 5.62. The minimum atomic E-state index is 0.585. The molecule has 0 saturated carbocycles. The molecule has 0 fully saturated rings. The molecule has 0 atom stereocenters. The fraction of sp³-hybridized carbons (Fsp3) is 0.200. The number of nitrogens with two attached hydrogens (primary N) is 1. The number of thioether (sulfide) groups is 1. The predicted molar refractivity (Wildman–Crippen MR) is 85.0 cm³/mol. The number of benzene rings is 2. The van der Waals surface area contributed by atoms with E-state index >= 15 is 0 Å². The largest absolute Gasteiger partial charge is 0.493 e. The zero-order chi connectivity index (χ0) is 14.5. The third-order valence-electron chi connectivity index (χ3n) is 2.83. The fourth-order valence-electron chi connectivity index (χ4n) is 1.73. The number of methoxy groups -OCH3 is 2. The van der Waals surface area contributed by atoms with Gasteiger partial charge in [-0.15, -0.1) is 11.8 Å². The highest BCUT2D eigenvalue weighted by atomic mass is 35.5. The van der Waals surface area contributed by atoms with Crippen LogP contribution in [0.15, 0.2) is 41.3 Å². The van der Waals surface area contributed by atoms with Gasteiger partial charge in [-0.2, -0.15) is 0 Å². The molecule has 2 N–H and O–H groups in total. The lowest BCUT2D eigenvalue weighted by Gasteiger charge is -2.09. The molecule has 0 aromatic heterocycles. The van der Waals surface area contributed by atoms with Crippen LogP contribution in [0.4, 0.5) is 5.69 Å². The van der Waals surface area contributed by atoms with Crippen LogP contribution in [0.2, 0.25) is 5.02 Å². The van der Waals surface area contributed by atoms with Crippen molar-refractivity contribution >= 4 is 29.1 Å². The highest BCUT2D eigenvalue weighted by molar-refractivity contribution is 7.98. The molecule has 0 aliphatic carbocycles. The monoisotopic (exact) mass is 309 g/mol. The molecular weight excluding hydrogens is 294 g/mol. The van der Waals surface area contributed by atoms with Gasteiger partial charge in [-0.05, 0) is 35.9 Å². The van der Waals surface area contributed by atoms with Crippen LogP contribution in [0.3, 0.4) is 0 Å². The standard InChI is InChI=1S/C15H16ClNO2S/c1-18-14-6-3-10(7-15(14)19-2)9-20-11-4-5-13(17)12(16)8-11/h3-8H,9,17H2,1-2H3. The molecule has 0 amide bonds. The molecule has 5 heteroatoms. The average molecular weight is 310 g/mol. The SMILES string of the molecule is COc1ccc(CSc2ccc(N)c(Cl)c2)cc1OC. The van der Waals surface area contributed by atoms with E-state index in [0.717, 1.165) is 27.7 Å². The van der Waals surface area contributed by atoms with E-state index in [4.69, 9.17) is 26.8 Å². The topological polar surface area (TPSA) is 44.5 Å². The van der Waals surface area contributed by atoms with Crippen LogP contribution in [0.25, 0.3) is 0 Å². The highest BCUT2D eigenvalue weighted by Crippen LogP contribution is 2.32. The molecule has 0 bridgehead atoms. The van der Waals surface area contributed by atoms with Crippen molar-refractivity contribution in [2.45, 2.75) is 10.6 Å². The maximum Gasteiger partial charge on any atom is 0.161 e. The number of hydrogen-bond donors (Lipinski definition) is 1. The number of rotatable bonds is 5. The zero-order valence-corrected chi connectivity index (χ0v) is 12.9. The van der Waals surface area contributed by atoms with E-state index < -0.39 is 0 Å². The molecule has 2 aromatic carbocycles. The summed E-state index contributed by atoms with van der Waals surface area (Å²) in [5.41, 5.74) is 7.45. The average Bonchev–Trinajstić information content (AvgIpc) is 2.48.